The van der Waals surface area contributed by atoms with Gasteiger partial charge in [0.05, 0.1) is 5.25 Å². The molecule has 0 aliphatic rings. The molecule has 0 saturated heterocycles. The van der Waals surface area contributed by atoms with Gasteiger partial charge in [0.1, 0.15) is 0 Å². The van der Waals surface area contributed by atoms with E-state index in [2.05, 4.69) is 20.5 Å². The van der Waals surface area contributed by atoms with Crippen LogP contribution in [-0.4, -0.2) is 30.9 Å². The number of carbonyl (C=O) groups is 1. The first-order chi connectivity index (χ1) is 15.4. The third-order valence-electron chi connectivity index (χ3n) is 5.23. The van der Waals surface area contributed by atoms with E-state index in [4.69, 9.17) is 0 Å². The summed E-state index contributed by atoms with van der Waals surface area (Å²) in [6.07, 6.45) is 3.49. The Morgan fingerprint density at radius 2 is 1.69 bits per heavy atom. The molecule has 2 aromatic heterocycles. The summed E-state index contributed by atoms with van der Waals surface area (Å²) < 4.78 is 1.98. The summed E-state index contributed by atoms with van der Waals surface area (Å²) in [6, 6.07) is 18.0. The summed E-state index contributed by atoms with van der Waals surface area (Å²) in [5.74, 6) is 0.612. The molecule has 0 saturated carbocycles. The molecule has 6 nitrogen and oxygen atoms in total. The number of carbonyl (C=O) groups excluding carboxylic acids is 1. The molecule has 0 fully saturated rings. The van der Waals surface area contributed by atoms with Crippen molar-refractivity contribution in [3.63, 3.8) is 0 Å². The lowest BCUT2D eigenvalue weighted by Crippen LogP contribution is -2.23. The fourth-order valence-electron chi connectivity index (χ4n) is 3.40. The number of aryl methyl sites for hydroxylation is 3. The third kappa shape index (κ3) is 4.57. The second-order valence-electron chi connectivity index (χ2n) is 7.73. The molecule has 162 valence electrons. The van der Waals surface area contributed by atoms with Crippen molar-refractivity contribution in [3.05, 3.63) is 83.7 Å². The molecule has 0 spiro atoms. The fraction of sp³-hybridized carbons (Fsp3) is 0.200. The van der Waals surface area contributed by atoms with Gasteiger partial charge in [-0.2, -0.15) is 0 Å². The van der Waals surface area contributed by atoms with Gasteiger partial charge in [-0.25, -0.2) is 0 Å². The fourth-order valence-corrected chi connectivity index (χ4v) is 4.27. The topological polar surface area (TPSA) is 72.7 Å². The predicted octanol–water partition coefficient (Wildman–Crippen LogP) is 5.37. The van der Waals surface area contributed by atoms with E-state index in [-0.39, 0.29) is 11.2 Å². The Kier molecular flexibility index (Phi) is 6.37. The number of amides is 1. The van der Waals surface area contributed by atoms with E-state index < -0.39 is 0 Å². The lowest BCUT2D eigenvalue weighted by molar-refractivity contribution is -0.115. The van der Waals surface area contributed by atoms with Crippen LogP contribution in [0.4, 0.5) is 5.69 Å². The number of para-hydroxylation sites is 1. The molecule has 0 aliphatic heterocycles. The van der Waals surface area contributed by atoms with Gasteiger partial charge in [0.15, 0.2) is 11.0 Å². The smallest absolute Gasteiger partial charge is 0.237 e. The minimum absolute atomic E-state index is 0.0752. The zero-order valence-electron chi connectivity index (χ0n) is 18.5. The normalized spacial score (nSPS) is 11.9. The number of anilines is 1. The van der Waals surface area contributed by atoms with Crippen molar-refractivity contribution < 1.29 is 4.79 Å². The van der Waals surface area contributed by atoms with Gasteiger partial charge < -0.3 is 5.32 Å². The maximum Gasteiger partial charge on any atom is 0.237 e. The van der Waals surface area contributed by atoms with Crippen molar-refractivity contribution >= 4 is 23.4 Å². The van der Waals surface area contributed by atoms with Gasteiger partial charge in [-0.15, -0.1) is 10.2 Å². The van der Waals surface area contributed by atoms with Gasteiger partial charge in [0.25, 0.3) is 0 Å². The van der Waals surface area contributed by atoms with Gasteiger partial charge in [-0.1, -0.05) is 47.7 Å². The third-order valence-corrected chi connectivity index (χ3v) is 6.27. The first-order valence-corrected chi connectivity index (χ1v) is 11.3. The highest BCUT2D eigenvalue weighted by molar-refractivity contribution is 8.00. The van der Waals surface area contributed by atoms with E-state index in [1.54, 1.807) is 12.4 Å². The van der Waals surface area contributed by atoms with Crippen molar-refractivity contribution in [1.29, 1.82) is 0 Å². The molecule has 2 heterocycles. The quantitative estimate of drug-likeness (QED) is 0.405. The van der Waals surface area contributed by atoms with Crippen LogP contribution in [0.3, 0.4) is 0 Å². The van der Waals surface area contributed by atoms with Crippen LogP contribution < -0.4 is 5.32 Å². The summed E-state index contributed by atoms with van der Waals surface area (Å²) in [6.45, 7) is 7.92. The number of pyridine rings is 1. The molecule has 0 aliphatic carbocycles. The summed E-state index contributed by atoms with van der Waals surface area (Å²) in [4.78, 5) is 17.2. The largest absolute Gasteiger partial charge is 0.325 e. The Morgan fingerprint density at radius 3 is 2.34 bits per heavy atom. The van der Waals surface area contributed by atoms with Gasteiger partial charge in [0, 0.05) is 29.3 Å². The lowest BCUT2D eigenvalue weighted by Gasteiger charge is -2.16. The molecule has 7 heteroatoms. The average Bonchev–Trinajstić information content (AvgIpc) is 3.20. The van der Waals surface area contributed by atoms with Gasteiger partial charge in [0.2, 0.25) is 5.91 Å². The molecular weight excluding hydrogens is 418 g/mol. The van der Waals surface area contributed by atoms with E-state index in [0.29, 0.717) is 11.0 Å². The summed E-state index contributed by atoms with van der Waals surface area (Å²) in [5, 5.41) is 12.2. The Bertz CT molecular complexity index is 1210. The standard InChI is InChI=1S/C25H25N5OS/c1-16-10-12-21(13-11-16)30-23(20-9-6-14-26-15-20)28-29-25(30)32-19(4)24(31)27-22-17(2)7-5-8-18(22)3/h5-15,19H,1-4H3,(H,27,31)/t19-/m1/s1. The summed E-state index contributed by atoms with van der Waals surface area (Å²) in [7, 11) is 0. The van der Waals surface area contributed by atoms with E-state index in [9.17, 15) is 4.79 Å². The Balaban J connectivity index is 1.65. The predicted molar refractivity (Wildman–Crippen MR) is 129 cm³/mol. The van der Waals surface area contributed by atoms with E-state index in [1.807, 2.05) is 86.9 Å². The van der Waals surface area contributed by atoms with Crippen LogP contribution in [-0.2, 0) is 4.79 Å². The van der Waals surface area contributed by atoms with E-state index in [0.717, 1.165) is 28.1 Å². The lowest BCUT2D eigenvalue weighted by atomic mass is 10.1. The van der Waals surface area contributed by atoms with Gasteiger partial charge in [-0.3, -0.25) is 14.3 Å². The second kappa shape index (κ2) is 9.36. The Morgan fingerprint density at radius 1 is 0.969 bits per heavy atom. The molecule has 1 atom stereocenters. The van der Waals surface area contributed by atoms with Crippen molar-refractivity contribution in [2.24, 2.45) is 0 Å². The first-order valence-electron chi connectivity index (χ1n) is 10.4. The number of thioether (sulfide) groups is 1. The van der Waals surface area contributed by atoms with Gasteiger partial charge >= 0.3 is 0 Å². The van der Waals surface area contributed by atoms with Gasteiger partial charge in [-0.05, 0) is 63.1 Å². The van der Waals surface area contributed by atoms with Crippen molar-refractivity contribution in [1.82, 2.24) is 19.7 Å². The van der Waals surface area contributed by atoms with Crippen LogP contribution in [0.1, 0.15) is 23.6 Å². The average molecular weight is 444 g/mol. The van der Waals surface area contributed by atoms with E-state index in [1.165, 1.54) is 17.3 Å². The molecule has 2 aromatic carbocycles. The Labute approximate surface area is 192 Å². The molecule has 32 heavy (non-hydrogen) atoms. The molecule has 1 N–H and O–H groups in total. The number of nitrogens with zero attached hydrogens (tertiary/aromatic N) is 4. The molecule has 1 amide bonds. The maximum atomic E-state index is 13.0. The molecule has 0 radical (unpaired) electrons. The minimum Gasteiger partial charge on any atom is -0.325 e. The highest BCUT2D eigenvalue weighted by Crippen LogP contribution is 2.31. The van der Waals surface area contributed by atoms with Crippen LogP contribution in [0.25, 0.3) is 17.1 Å². The van der Waals surface area contributed by atoms with Crippen LogP contribution in [0.5, 0.6) is 0 Å². The number of aromatic nitrogens is 4. The zero-order chi connectivity index (χ0) is 22.7. The summed E-state index contributed by atoms with van der Waals surface area (Å²) >= 11 is 1.38. The molecule has 0 unspecified atom stereocenters. The van der Waals surface area contributed by atoms with Crippen LogP contribution in [0.2, 0.25) is 0 Å². The van der Waals surface area contributed by atoms with Crippen molar-refractivity contribution in [2.75, 3.05) is 5.32 Å². The monoisotopic (exact) mass is 443 g/mol. The van der Waals surface area contributed by atoms with Crippen molar-refractivity contribution in [2.45, 2.75) is 38.1 Å². The van der Waals surface area contributed by atoms with Crippen LogP contribution in [0.15, 0.2) is 72.1 Å². The number of hydrogen-bond donors (Lipinski definition) is 1. The zero-order valence-corrected chi connectivity index (χ0v) is 19.4. The second-order valence-corrected chi connectivity index (χ2v) is 9.04. The first kappa shape index (κ1) is 21.8. The maximum absolute atomic E-state index is 13.0. The molecular formula is C25H25N5OS. The molecule has 0 bridgehead atoms. The van der Waals surface area contributed by atoms with Crippen molar-refractivity contribution in [3.8, 4) is 17.1 Å². The number of nitrogens with one attached hydrogen (secondary N) is 1. The Hall–Kier alpha value is -3.45. The number of rotatable bonds is 6. The minimum atomic E-state index is -0.371. The SMILES string of the molecule is Cc1ccc(-n2c(S[C@H](C)C(=O)Nc3c(C)cccc3C)nnc2-c2cccnc2)cc1. The van der Waals surface area contributed by atoms with Crippen LogP contribution in [0, 0.1) is 20.8 Å². The number of benzene rings is 2. The number of hydrogen-bond acceptors (Lipinski definition) is 5. The van der Waals surface area contributed by atoms with Crippen LogP contribution >= 0.6 is 11.8 Å². The molecule has 4 aromatic rings. The highest BCUT2D eigenvalue weighted by Gasteiger charge is 2.22. The van der Waals surface area contributed by atoms with E-state index >= 15 is 0 Å². The highest BCUT2D eigenvalue weighted by atomic mass is 32.2. The summed E-state index contributed by atoms with van der Waals surface area (Å²) in [5.41, 5.74) is 5.90. The molecule has 4 rings (SSSR count).